The molecule has 1 aromatic carbocycles. The third kappa shape index (κ3) is 3.76. The van der Waals surface area contributed by atoms with E-state index in [9.17, 15) is 13.2 Å². The smallest absolute Gasteiger partial charge is 0.161 e. The number of nitrogens with zero attached hydrogens (tertiary/aromatic N) is 3. The lowest BCUT2D eigenvalue weighted by Crippen LogP contribution is -2.12. The normalized spacial score (nSPS) is 15.7. The maximum Gasteiger partial charge on any atom is 0.161 e. The van der Waals surface area contributed by atoms with E-state index in [4.69, 9.17) is 0 Å². The summed E-state index contributed by atoms with van der Waals surface area (Å²) in [6.45, 7) is 0.872. The first-order valence-corrected chi connectivity index (χ1v) is 9.06. The first kappa shape index (κ1) is 18.2. The Balaban J connectivity index is 1.66. The van der Waals surface area contributed by atoms with Crippen LogP contribution in [0.3, 0.4) is 0 Å². The van der Waals surface area contributed by atoms with E-state index < -0.39 is 17.5 Å². The van der Waals surface area contributed by atoms with Crippen molar-refractivity contribution in [2.75, 3.05) is 6.54 Å². The van der Waals surface area contributed by atoms with Gasteiger partial charge in [-0.1, -0.05) is 0 Å². The van der Waals surface area contributed by atoms with Gasteiger partial charge in [0.1, 0.15) is 5.82 Å². The molecule has 6 heteroatoms. The number of rotatable bonds is 4. The monoisotopic (exact) mass is 381 g/mol. The highest BCUT2D eigenvalue weighted by Gasteiger charge is 2.16. The van der Waals surface area contributed by atoms with Crippen molar-refractivity contribution in [3.8, 4) is 0 Å². The van der Waals surface area contributed by atoms with Crippen molar-refractivity contribution in [3.63, 3.8) is 0 Å². The SMILES string of the molecule is Fc1cc(F)c(Cn2cccc2/C=C2\CCCN=C2c2cccnc2)cc1F. The Hall–Kier alpha value is -3.15. The molecule has 0 amide bonds. The first-order valence-electron chi connectivity index (χ1n) is 9.06. The van der Waals surface area contributed by atoms with Crippen molar-refractivity contribution in [3.05, 3.63) is 94.8 Å². The van der Waals surface area contributed by atoms with Crippen LogP contribution >= 0.6 is 0 Å². The average molecular weight is 381 g/mol. The van der Waals surface area contributed by atoms with Gasteiger partial charge in [0, 0.05) is 48.0 Å². The van der Waals surface area contributed by atoms with E-state index in [0.29, 0.717) is 6.07 Å². The summed E-state index contributed by atoms with van der Waals surface area (Å²) in [6, 6.07) is 9.08. The molecule has 0 saturated heterocycles. The Morgan fingerprint density at radius 2 is 1.89 bits per heavy atom. The van der Waals surface area contributed by atoms with Crippen LogP contribution < -0.4 is 0 Å². The van der Waals surface area contributed by atoms with E-state index in [1.54, 1.807) is 23.2 Å². The van der Waals surface area contributed by atoms with Crippen LogP contribution in [0.25, 0.3) is 6.08 Å². The molecule has 0 radical (unpaired) electrons. The molecule has 0 N–H and O–H groups in total. The number of hydrogen-bond acceptors (Lipinski definition) is 2. The molecule has 1 aliphatic rings. The summed E-state index contributed by atoms with van der Waals surface area (Å²) in [5.74, 6) is -3.00. The van der Waals surface area contributed by atoms with Crippen LogP contribution in [0.5, 0.6) is 0 Å². The summed E-state index contributed by atoms with van der Waals surface area (Å²) in [5.41, 5.74) is 3.88. The largest absolute Gasteiger partial charge is 0.343 e. The second-order valence-corrected chi connectivity index (χ2v) is 6.66. The number of pyridine rings is 1. The van der Waals surface area contributed by atoms with Crippen LogP contribution in [0.1, 0.15) is 29.7 Å². The Labute approximate surface area is 160 Å². The Morgan fingerprint density at radius 1 is 1.04 bits per heavy atom. The minimum Gasteiger partial charge on any atom is -0.343 e. The highest BCUT2D eigenvalue weighted by Crippen LogP contribution is 2.23. The van der Waals surface area contributed by atoms with Crippen LogP contribution in [-0.4, -0.2) is 21.8 Å². The van der Waals surface area contributed by atoms with Crippen LogP contribution in [0.2, 0.25) is 0 Å². The van der Waals surface area contributed by atoms with Crippen LogP contribution in [0, 0.1) is 17.5 Å². The number of benzene rings is 1. The van der Waals surface area contributed by atoms with Gasteiger partial charge in [0.05, 0.1) is 12.3 Å². The number of allylic oxidation sites excluding steroid dienone is 1. The predicted octanol–water partition coefficient (Wildman–Crippen LogP) is 5.02. The lowest BCUT2D eigenvalue weighted by Gasteiger charge is -2.17. The van der Waals surface area contributed by atoms with Gasteiger partial charge in [0.2, 0.25) is 0 Å². The standard InChI is InChI=1S/C22H18F3N3/c23-19-12-21(25)20(24)11-17(19)14-28-9-3-6-18(28)10-15-4-2-8-27-22(15)16-5-1-7-26-13-16/h1,3,5-7,9-13H,2,4,8,14H2/b15-10+. The summed E-state index contributed by atoms with van der Waals surface area (Å²) in [7, 11) is 0. The van der Waals surface area contributed by atoms with Gasteiger partial charge in [-0.2, -0.15) is 0 Å². The molecule has 3 aromatic rings. The average Bonchev–Trinajstić information content (AvgIpc) is 3.14. The molecular formula is C22H18F3N3. The van der Waals surface area contributed by atoms with E-state index in [1.807, 2.05) is 30.3 Å². The van der Waals surface area contributed by atoms with Gasteiger partial charge in [-0.3, -0.25) is 9.98 Å². The van der Waals surface area contributed by atoms with Crippen molar-refractivity contribution in [2.45, 2.75) is 19.4 Å². The third-order valence-corrected chi connectivity index (χ3v) is 4.73. The molecule has 1 aliphatic heterocycles. The lowest BCUT2D eigenvalue weighted by molar-refractivity contribution is 0.488. The second kappa shape index (κ2) is 7.84. The van der Waals surface area contributed by atoms with Crippen molar-refractivity contribution < 1.29 is 13.2 Å². The van der Waals surface area contributed by atoms with E-state index in [1.165, 1.54) is 0 Å². The van der Waals surface area contributed by atoms with E-state index in [0.717, 1.165) is 48.0 Å². The van der Waals surface area contributed by atoms with E-state index in [2.05, 4.69) is 9.98 Å². The minimum atomic E-state index is -1.18. The molecule has 142 valence electrons. The maximum absolute atomic E-state index is 14.0. The summed E-state index contributed by atoms with van der Waals surface area (Å²) in [6.07, 6.45) is 9.14. The fourth-order valence-corrected chi connectivity index (χ4v) is 3.35. The zero-order valence-corrected chi connectivity index (χ0v) is 15.1. The molecule has 3 heterocycles. The quantitative estimate of drug-likeness (QED) is 0.584. The van der Waals surface area contributed by atoms with Gasteiger partial charge in [0.15, 0.2) is 11.6 Å². The number of aliphatic imine (C=N–C) groups is 1. The zero-order chi connectivity index (χ0) is 19.5. The number of hydrogen-bond donors (Lipinski definition) is 0. The topological polar surface area (TPSA) is 30.2 Å². The Bertz CT molecular complexity index is 1050. The van der Waals surface area contributed by atoms with Crippen molar-refractivity contribution in [1.82, 2.24) is 9.55 Å². The highest BCUT2D eigenvalue weighted by atomic mass is 19.2. The Morgan fingerprint density at radius 3 is 2.71 bits per heavy atom. The van der Waals surface area contributed by atoms with E-state index >= 15 is 0 Å². The van der Waals surface area contributed by atoms with Crippen LogP contribution in [-0.2, 0) is 6.54 Å². The molecule has 0 spiro atoms. The van der Waals surface area contributed by atoms with Gasteiger partial charge >= 0.3 is 0 Å². The van der Waals surface area contributed by atoms with Crippen molar-refractivity contribution >= 4 is 11.8 Å². The second-order valence-electron chi connectivity index (χ2n) is 6.66. The molecule has 0 atom stereocenters. The van der Waals surface area contributed by atoms with Gasteiger partial charge < -0.3 is 4.57 Å². The number of halogens is 3. The fraction of sp³-hybridized carbons (Fsp3) is 0.182. The fourth-order valence-electron chi connectivity index (χ4n) is 3.35. The summed E-state index contributed by atoms with van der Waals surface area (Å²) in [5, 5.41) is 0. The Kier molecular flexibility index (Phi) is 5.10. The number of aromatic nitrogens is 2. The maximum atomic E-state index is 14.0. The molecule has 3 nitrogen and oxygen atoms in total. The van der Waals surface area contributed by atoms with Gasteiger partial charge in [0.25, 0.3) is 0 Å². The van der Waals surface area contributed by atoms with Crippen LogP contribution in [0.4, 0.5) is 13.2 Å². The van der Waals surface area contributed by atoms with E-state index in [-0.39, 0.29) is 12.1 Å². The van der Waals surface area contributed by atoms with Crippen LogP contribution in [0.15, 0.2) is 65.6 Å². The predicted molar refractivity (Wildman–Crippen MR) is 103 cm³/mol. The molecule has 28 heavy (non-hydrogen) atoms. The summed E-state index contributed by atoms with van der Waals surface area (Å²) >= 11 is 0. The molecule has 0 bridgehead atoms. The molecule has 0 saturated carbocycles. The summed E-state index contributed by atoms with van der Waals surface area (Å²) < 4.78 is 42.5. The van der Waals surface area contributed by atoms with Gasteiger partial charge in [-0.15, -0.1) is 0 Å². The molecular weight excluding hydrogens is 363 g/mol. The molecule has 4 rings (SSSR count). The molecule has 0 unspecified atom stereocenters. The van der Waals surface area contributed by atoms with Crippen molar-refractivity contribution in [1.29, 1.82) is 0 Å². The third-order valence-electron chi connectivity index (χ3n) is 4.73. The minimum absolute atomic E-state index is 0.0968. The summed E-state index contributed by atoms with van der Waals surface area (Å²) in [4.78, 5) is 8.83. The molecule has 2 aromatic heterocycles. The first-order chi connectivity index (χ1) is 13.6. The lowest BCUT2D eigenvalue weighted by atomic mass is 9.96. The molecule has 0 fully saturated rings. The molecule has 0 aliphatic carbocycles. The van der Waals surface area contributed by atoms with Gasteiger partial charge in [-0.25, -0.2) is 13.2 Å². The highest BCUT2D eigenvalue weighted by molar-refractivity contribution is 6.15. The van der Waals surface area contributed by atoms with Gasteiger partial charge in [-0.05, 0) is 54.8 Å². The zero-order valence-electron chi connectivity index (χ0n) is 15.1. The van der Waals surface area contributed by atoms with Crippen molar-refractivity contribution in [2.24, 2.45) is 4.99 Å².